The normalized spacial score (nSPS) is 14.3. The number of carbonyl (C=O) groups excluding carboxylic acids is 3. The van der Waals surface area contributed by atoms with Crippen LogP contribution in [-0.2, 0) is 9.59 Å². The van der Waals surface area contributed by atoms with Crippen LogP contribution in [0.4, 0.5) is 0 Å². The number of thiocarbonyl (C=S) groups is 1. The summed E-state index contributed by atoms with van der Waals surface area (Å²) in [7, 11) is 4.49. The molecule has 1 aliphatic rings. The van der Waals surface area contributed by atoms with Crippen LogP contribution in [0.3, 0.4) is 0 Å². The van der Waals surface area contributed by atoms with Crippen LogP contribution in [0.25, 0.3) is 6.08 Å². The number of nitrogens with one attached hydrogen (secondary N) is 2. The van der Waals surface area contributed by atoms with Gasteiger partial charge in [-0.05, 0) is 35.9 Å². The second-order valence-corrected chi connectivity index (χ2v) is 8.26. The molecular formula is C22H21N3O6S2. The maximum Gasteiger partial charge on any atom is 0.273 e. The maximum absolute atomic E-state index is 12.8. The van der Waals surface area contributed by atoms with Crippen LogP contribution in [0, 0.1) is 0 Å². The van der Waals surface area contributed by atoms with E-state index >= 15 is 0 Å². The molecule has 3 rings (SSSR count). The Balaban J connectivity index is 1.63. The lowest BCUT2D eigenvalue weighted by Gasteiger charge is -2.15. The molecule has 0 aromatic heterocycles. The molecule has 3 amide bonds. The Morgan fingerprint density at radius 3 is 2.39 bits per heavy atom. The number of para-hydroxylation sites is 1. The molecule has 0 bridgehead atoms. The van der Waals surface area contributed by atoms with Gasteiger partial charge in [0.15, 0.2) is 11.5 Å². The molecule has 9 nitrogen and oxygen atoms in total. The van der Waals surface area contributed by atoms with E-state index in [9.17, 15) is 14.4 Å². The van der Waals surface area contributed by atoms with Crippen LogP contribution in [0.15, 0.2) is 47.4 Å². The van der Waals surface area contributed by atoms with Crippen LogP contribution < -0.4 is 25.1 Å². The Bertz CT molecular complexity index is 1130. The molecule has 1 saturated heterocycles. The predicted molar refractivity (Wildman–Crippen MR) is 128 cm³/mol. The van der Waals surface area contributed by atoms with Gasteiger partial charge in [-0.15, -0.1) is 0 Å². The molecule has 0 saturated carbocycles. The van der Waals surface area contributed by atoms with Gasteiger partial charge in [0.25, 0.3) is 17.7 Å². The third-order valence-corrected chi connectivity index (χ3v) is 5.93. The Morgan fingerprint density at radius 1 is 1.00 bits per heavy atom. The van der Waals surface area contributed by atoms with Gasteiger partial charge in [-0.2, -0.15) is 0 Å². The topological polar surface area (TPSA) is 106 Å². The second-order valence-electron chi connectivity index (χ2n) is 6.58. The van der Waals surface area contributed by atoms with Crippen LogP contribution in [0.5, 0.6) is 17.2 Å². The Labute approximate surface area is 200 Å². The van der Waals surface area contributed by atoms with Crippen molar-refractivity contribution in [3.05, 3.63) is 58.5 Å². The molecule has 0 unspecified atom stereocenters. The van der Waals surface area contributed by atoms with Gasteiger partial charge in [-0.25, -0.2) is 0 Å². The largest absolute Gasteiger partial charge is 0.496 e. The van der Waals surface area contributed by atoms with E-state index in [2.05, 4.69) is 10.9 Å². The Morgan fingerprint density at radius 2 is 1.70 bits per heavy atom. The molecule has 11 heteroatoms. The molecule has 172 valence electrons. The summed E-state index contributed by atoms with van der Waals surface area (Å²) in [5.41, 5.74) is 5.55. The summed E-state index contributed by atoms with van der Waals surface area (Å²) in [6.45, 7) is -0.347. The van der Waals surface area contributed by atoms with Gasteiger partial charge in [0, 0.05) is 0 Å². The maximum atomic E-state index is 12.8. The number of ether oxygens (including phenoxy) is 3. The first-order valence-corrected chi connectivity index (χ1v) is 10.8. The molecule has 2 aromatic rings. The Kier molecular flexibility index (Phi) is 7.91. The predicted octanol–water partition coefficient (Wildman–Crippen LogP) is 2.37. The van der Waals surface area contributed by atoms with Crippen LogP contribution in [-0.4, -0.2) is 54.8 Å². The average molecular weight is 488 g/mol. The lowest BCUT2D eigenvalue weighted by molar-refractivity contribution is -0.129. The first-order chi connectivity index (χ1) is 15.9. The van der Waals surface area contributed by atoms with Crippen molar-refractivity contribution in [2.75, 3.05) is 27.9 Å². The monoisotopic (exact) mass is 487 g/mol. The summed E-state index contributed by atoms with van der Waals surface area (Å²) < 4.78 is 15.9. The lowest BCUT2D eigenvalue weighted by atomic mass is 10.2. The highest BCUT2D eigenvalue weighted by Gasteiger charge is 2.33. The van der Waals surface area contributed by atoms with Gasteiger partial charge in [0.2, 0.25) is 0 Å². The number of carbonyl (C=O) groups is 3. The zero-order chi connectivity index (χ0) is 24.0. The molecule has 2 aromatic carbocycles. The molecule has 0 spiro atoms. The fraction of sp³-hybridized carbons (Fsp3) is 0.182. The quantitative estimate of drug-likeness (QED) is 0.348. The minimum atomic E-state index is -0.609. The smallest absolute Gasteiger partial charge is 0.273 e. The highest BCUT2D eigenvalue weighted by Crippen LogP contribution is 2.34. The lowest BCUT2D eigenvalue weighted by Crippen LogP contribution is -2.47. The van der Waals surface area contributed by atoms with E-state index in [0.29, 0.717) is 27.7 Å². The first kappa shape index (κ1) is 24.1. The van der Waals surface area contributed by atoms with Crippen molar-refractivity contribution in [2.45, 2.75) is 0 Å². The summed E-state index contributed by atoms with van der Waals surface area (Å²) in [4.78, 5) is 38.9. The number of benzene rings is 2. The summed E-state index contributed by atoms with van der Waals surface area (Å²) in [5.74, 6) is -0.130. The summed E-state index contributed by atoms with van der Waals surface area (Å²) in [6.07, 6.45) is 1.66. The van der Waals surface area contributed by atoms with E-state index in [-0.39, 0.29) is 16.4 Å². The number of rotatable bonds is 7. The van der Waals surface area contributed by atoms with Crippen molar-refractivity contribution >= 4 is 52.1 Å². The standard InChI is InChI=1S/C22H21N3O6S2/c1-29-15-7-5-4-6-14(15)20(27)24-23-19(26)12-25-21(28)18(33-22(25)32)11-13-8-9-16(30-2)17(10-13)31-3/h4-11H,12H2,1-3H3,(H,23,26)(H,24,27)/b18-11-. The van der Waals surface area contributed by atoms with Gasteiger partial charge < -0.3 is 14.2 Å². The van der Waals surface area contributed by atoms with Gasteiger partial charge >= 0.3 is 0 Å². The van der Waals surface area contributed by atoms with E-state index in [0.717, 1.165) is 16.7 Å². The Hall–Kier alpha value is -3.57. The van der Waals surface area contributed by atoms with E-state index in [1.807, 2.05) is 0 Å². The third kappa shape index (κ3) is 5.62. The van der Waals surface area contributed by atoms with Gasteiger partial charge in [0.1, 0.15) is 16.6 Å². The zero-order valence-corrected chi connectivity index (χ0v) is 19.7. The average Bonchev–Trinajstić information content (AvgIpc) is 3.09. The van der Waals surface area contributed by atoms with Crippen molar-refractivity contribution in [3.8, 4) is 17.2 Å². The van der Waals surface area contributed by atoms with Crippen LogP contribution in [0.1, 0.15) is 15.9 Å². The minimum absolute atomic E-state index is 0.234. The molecule has 1 aliphatic heterocycles. The van der Waals surface area contributed by atoms with Crippen molar-refractivity contribution in [1.82, 2.24) is 15.8 Å². The van der Waals surface area contributed by atoms with Crippen molar-refractivity contribution in [2.24, 2.45) is 0 Å². The van der Waals surface area contributed by atoms with Crippen LogP contribution in [0.2, 0.25) is 0 Å². The fourth-order valence-electron chi connectivity index (χ4n) is 2.94. The molecule has 1 fully saturated rings. The summed E-state index contributed by atoms with van der Waals surface area (Å²) in [5, 5.41) is 0. The minimum Gasteiger partial charge on any atom is -0.496 e. The van der Waals surface area contributed by atoms with E-state index < -0.39 is 17.7 Å². The van der Waals surface area contributed by atoms with Crippen molar-refractivity contribution in [3.63, 3.8) is 0 Å². The van der Waals surface area contributed by atoms with Crippen molar-refractivity contribution in [1.29, 1.82) is 0 Å². The number of methoxy groups -OCH3 is 3. The van der Waals surface area contributed by atoms with Gasteiger partial charge in [-0.1, -0.05) is 42.2 Å². The van der Waals surface area contributed by atoms with Gasteiger partial charge in [-0.3, -0.25) is 30.1 Å². The SMILES string of the molecule is COc1ccc(/C=C2\SC(=S)N(CC(=O)NNC(=O)c3ccccc3OC)C2=O)cc1OC. The summed E-state index contributed by atoms with van der Waals surface area (Å²) in [6, 6.07) is 11.8. The highest BCUT2D eigenvalue weighted by atomic mass is 32.2. The number of hydrogen-bond donors (Lipinski definition) is 2. The highest BCUT2D eigenvalue weighted by molar-refractivity contribution is 8.26. The zero-order valence-electron chi connectivity index (χ0n) is 18.0. The van der Waals surface area contributed by atoms with Crippen LogP contribution >= 0.6 is 24.0 Å². The molecule has 33 heavy (non-hydrogen) atoms. The van der Waals surface area contributed by atoms with Gasteiger partial charge in [0.05, 0.1) is 31.8 Å². The molecule has 1 heterocycles. The summed E-state index contributed by atoms with van der Waals surface area (Å²) >= 11 is 6.34. The second kappa shape index (κ2) is 10.8. The molecule has 0 atom stereocenters. The number of amides is 3. The number of hydrogen-bond acceptors (Lipinski definition) is 8. The molecule has 0 aliphatic carbocycles. The third-order valence-electron chi connectivity index (χ3n) is 4.55. The number of nitrogens with zero attached hydrogens (tertiary/aromatic N) is 1. The first-order valence-electron chi connectivity index (χ1n) is 9.57. The number of hydrazine groups is 1. The number of thioether (sulfide) groups is 1. The van der Waals surface area contributed by atoms with Crippen molar-refractivity contribution < 1.29 is 28.6 Å². The molecule has 0 radical (unpaired) electrons. The molecule has 2 N–H and O–H groups in total. The fourth-order valence-corrected chi connectivity index (χ4v) is 4.19. The van der Waals surface area contributed by atoms with E-state index in [1.165, 1.54) is 21.3 Å². The van der Waals surface area contributed by atoms with E-state index in [4.69, 9.17) is 26.4 Å². The van der Waals surface area contributed by atoms with E-state index in [1.54, 1.807) is 48.5 Å². The molecular weight excluding hydrogens is 466 g/mol.